The lowest BCUT2D eigenvalue weighted by Gasteiger charge is -2.30. The Hall–Kier alpha value is -6.57. The summed E-state index contributed by atoms with van der Waals surface area (Å²) < 4.78 is 0. The van der Waals surface area contributed by atoms with Crippen molar-refractivity contribution in [2.24, 2.45) is 17.2 Å². The van der Waals surface area contributed by atoms with Gasteiger partial charge in [-0.05, 0) is 86.5 Å². The minimum absolute atomic E-state index is 0.00734. The first-order valence-corrected chi connectivity index (χ1v) is 20.4. The summed E-state index contributed by atoms with van der Waals surface area (Å²) in [6, 6.07) is 13.6. The largest absolute Gasteiger partial charge is 0.508 e. The van der Waals surface area contributed by atoms with E-state index in [1.165, 1.54) is 43.3 Å². The van der Waals surface area contributed by atoms with Gasteiger partial charge in [0.15, 0.2) is 0 Å². The molecule has 7 amide bonds. The van der Waals surface area contributed by atoms with E-state index in [2.05, 4.69) is 26.6 Å². The van der Waals surface area contributed by atoms with E-state index < -0.39 is 90.3 Å². The van der Waals surface area contributed by atoms with Crippen LogP contribution in [0.1, 0.15) is 49.3 Å². The number of carbonyl (C=O) groups excluding carboxylic acids is 7. The highest BCUT2D eigenvalue weighted by Gasteiger charge is 2.44. The van der Waals surface area contributed by atoms with E-state index in [1.807, 2.05) is 0 Å². The first-order valence-electron chi connectivity index (χ1n) is 20.4. The third-order valence-electron chi connectivity index (χ3n) is 10.4. The number of benzene rings is 3. The van der Waals surface area contributed by atoms with Crippen LogP contribution in [0.25, 0.3) is 0 Å². The molecule has 1 aliphatic rings. The molecule has 1 aliphatic heterocycles. The molecule has 1 fully saturated rings. The second kappa shape index (κ2) is 23.4. The molecule has 14 N–H and O–H groups in total. The lowest BCUT2D eigenvalue weighted by Crippen LogP contribution is -2.59. The minimum Gasteiger partial charge on any atom is -0.508 e. The molecule has 4 rings (SSSR count). The Kier molecular flexibility index (Phi) is 18.2. The van der Waals surface area contributed by atoms with Crippen molar-refractivity contribution < 1.29 is 48.9 Å². The van der Waals surface area contributed by atoms with Crippen molar-refractivity contribution in [2.45, 2.75) is 94.2 Å². The Morgan fingerprint density at radius 3 is 1.89 bits per heavy atom. The maximum atomic E-state index is 14.2. The second-order valence-electron chi connectivity index (χ2n) is 15.2. The monoisotopic (exact) mass is 859 g/mol. The number of rotatable bonds is 22. The number of aliphatic hydroxyl groups excluding tert-OH is 1. The number of primary amides is 1. The number of aliphatic hydroxyl groups is 1. The molecule has 0 saturated carbocycles. The third-order valence-corrected chi connectivity index (χ3v) is 10.4. The fourth-order valence-corrected chi connectivity index (χ4v) is 6.90. The van der Waals surface area contributed by atoms with Crippen LogP contribution < -0.4 is 43.8 Å². The smallest absolute Gasteiger partial charge is 0.246 e. The first kappa shape index (κ1) is 48.1. The van der Waals surface area contributed by atoms with Crippen LogP contribution in [0.15, 0.2) is 78.9 Å². The maximum Gasteiger partial charge on any atom is 0.246 e. The van der Waals surface area contributed by atoms with Crippen LogP contribution >= 0.6 is 0 Å². The fourth-order valence-electron chi connectivity index (χ4n) is 6.90. The first-order chi connectivity index (χ1) is 29.6. The minimum atomic E-state index is -1.41. The molecule has 19 nitrogen and oxygen atoms in total. The van der Waals surface area contributed by atoms with Crippen molar-refractivity contribution in [3.05, 3.63) is 95.6 Å². The summed E-state index contributed by atoms with van der Waals surface area (Å²) in [4.78, 5) is 94.3. The Bertz CT molecular complexity index is 2000. The van der Waals surface area contributed by atoms with Crippen molar-refractivity contribution in [3.63, 3.8) is 0 Å². The number of nitrogens with two attached hydrogens (primary N) is 3. The molecule has 0 unspecified atom stereocenters. The van der Waals surface area contributed by atoms with E-state index >= 15 is 0 Å². The fraction of sp³-hybridized carbons (Fsp3) is 0.419. The van der Waals surface area contributed by atoms with Gasteiger partial charge in [-0.25, -0.2) is 0 Å². The Balaban J connectivity index is 1.44. The van der Waals surface area contributed by atoms with E-state index in [1.54, 1.807) is 42.5 Å². The molecule has 0 bridgehead atoms. The standard InChI is InChI=1S/C43H57N9O10/c1-25(48-40(59)31(45)21-27-10-14-29(53)15-11-27)39(58)51-33(22-26-7-3-2-4-8-26)41(60)47-24-36(56)49-34(23-28-12-16-30(54)17-13-28)43(62)52-20-18-35(55)37(52)42(61)50-32(38(46)57)9-5-6-19-44/h2-4,7-8,10-17,25,31-35,37,53-55H,5-6,9,18-24,44-45H2,1H3,(H2,46,57)(H,47,60)(H,48,59)(H,49,56)(H,50,61)(H,51,58)/t25-,31+,32+,33+,34+,35+,37+/m1/s1. The highest BCUT2D eigenvalue weighted by molar-refractivity contribution is 5.97. The van der Waals surface area contributed by atoms with Crippen LogP contribution in [0, 0.1) is 0 Å². The molecule has 334 valence electrons. The number of phenolic OH excluding ortho intramolecular Hbond substituents is 2. The number of phenols is 2. The maximum absolute atomic E-state index is 14.2. The highest BCUT2D eigenvalue weighted by atomic mass is 16.3. The van der Waals surface area contributed by atoms with Gasteiger partial charge < -0.3 is 64.0 Å². The van der Waals surface area contributed by atoms with Crippen molar-refractivity contribution in [1.82, 2.24) is 31.5 Å². The average Bonchev–Trinajstić information content (AvgIpc) is 3.64. The summed E-state index contributed by atoms with van der Waals surface area (Å²) in [5.41, 5.74) is 19.0. The molecule has 1 heterocycles. The summed E-state index contributed by atoms with van der Waals surface area (Å²) in [5.74, 6) is -5.22. The van der Waals surface area contributed by atoms with E-state index in [9.17, 15) is 48.9 Å². The molecule has 62 heavy (non-hydrogen) atoms. The van der Waals surface area contributed by atoms with Gasteiger partial charge in [-0.2, -0.15) is 0 Å². The average molecular weight is 860 g/mol. The molecule has 19 heteroatoms. The quantitative estimate of drug-likeness (QED) is 0.0494. The molecular weight excluding hydrogens is 803 g/mol. The van der Waals surface area contributed by atoms with E-state index in [4.69, 9.17) is 17.2 Å². The Morgan fingerprint density at radius 1 is 0.710 bits per heavy atom. The second-order valence-corrected chi connectivity index (χ2v) is 15.2. The van der Waals surface area contributed by atoms with E-state index in [0.29, 0.717) is 36.1 Å². The molecule has 1 saturated heterocycles. The number of nitrogens with one attached hydrogen (secondary N) is 5. The zero-order valence-electron chi connectivity index (χ0n) is 34.5. The molecule has 3 aromatic carbocycles. The third kappa shape index (κ3) is 14.6. The summed E-state index contributed by atoms with van der Waals surface area (Å²) in [7, 11) is 0. The van der Waals surface area contributed by atoms with Gasteiger partial charge in [0.1, 0.15) is 41.7 Å². The van der Waals surface area contributed by atoms with Gasteiger partial charge in [0.25, 0.3) is 0 Å². The van der Waals surface area contributed by atoms with Crippen LogP contribution in [-0.4, -0.2) is 124 Å². The lowest BCUT2D eigenvalue weighted by atomic mass is 10.0. The summed E-state index contributed by atoms with van der Waals surface area (Å²) in [6.45, 7) is 1.08. The van der Waals surface area contributed by atoms with Crippen LogP contribution in [0.2, 0.25) is 0 Å². The summed E-state index contributed by atoms with van der Waals surface area (Å²) in [5, 5.41) is 43.0. The number of hydrogen-bond donors (Lipinski definition) is 11. The lowest BCUT2D eigenvalue weighted by molar-refractivity contribution is -0.143. The number of amides is 7. The number of carbonyl (C=O) groups is 7. The van der Waals surface area contributed by atoms with Crippen molar-refractivity contribution >= 4 is 41.4 Å². The van der Waals surface area contributed by atoms with Gasteiger partial charge in [-0.1, -0.05) is 54.6 Å². The number of nitrogens with zero attached hydrogens (tertiary/aromatic N) is 1. The zero-order valence-corrected chi connectivity index (χ0v) is 34.5. The van der Waals surface area contributed by atoms with E-state index in [-0.39, 0.29) is 50.1 Å². The van der Waals surface area contributed by atoms with Gasteiger partial charge in [0.2, 0.25) is 41.4 Å². The van der Waals surface area contributed by atoms with Gasteiger partial charge in [0.05, 0.1) is 18.7 Å². The predicted molar refractivity (Wildman–Crippen MR) is 226 cm³/mol. The Morgan fingerprint density at radius 2 is 1.29 bits per heavy atom. The molecule has 0 radical (unpaired) electrons. The van der Waals surface area contributed by atoms with Gasteiger partial charge >= 0.3 is 0 Å². The highest BCUT2D eigenvalue weighted by Crippen LogP contribution is 2.22. The molecule has 3 aromatic rings. The van der Waals surface area contributed by atoms with Crippen LogP contribution in [-0.2, 0) is 52.8 Å². The molecular formula is C43H57N9O10. The molecule has 0 aromatic heterocycles. The van der Waals surface area contributed by atoms with Crippen molar-refractivity contribution in [3.8, 4) is 11.5 Å². The SMILES string of the molecule is C[C@@H](NC(=O)[C@@H](N)Cc1ccc(O)cc1)C(=O)N[C@@H](Cc1ccccc1)C(=O)NCC(=O)N[C@@H](Cc1ccc(O)cc1)C(=O)N1CC[C@H](O)[C@H]1C(=O)N[C@@H](CCCCN)C(N)=O. The van der Waals surface area contributed by atoms with Crippen LogP contribution in [0.3, 0.4) is 0 Å². The summed E-state index contributed by atoms with van der Waals surface area (Å²) >= 11 is 0. The van der Waals surface area contributed by atoms with Gasteiger partial charge in [-0.15, -0.1) is 0 Å². The zero-order chi connectivity index (χ0) is 45.3. The number of likely N-dealkylation sites (tertiary alicyclic amines) is 1. The predicted octanol–water partition coefficient (Wildman–Crippen LogP) is -1.90. The van der Waals surface area contributed by atoms with Crippen LogP contribution in [0.4, 0.5) is 0 Å². The van der Waals surface area contributed by atoms with Gasteiger partial charge in [0, 0.05) is 19.4 Å². The molecule has 0 aliphatic carbocycles. The number of unbranched alkanes of at least 4 members (excludes halogenated alkanes) is 1. The van der Waals surface area contributed by atoms with Crippen LogP contribution in [0.5, 0.6) is 11.5 Å². The van der Waals surface area contributed by atoms with Crippen molar-refractivity contribution in [2.75, 3.05) is 19.6 Å². The summed E-state index contributed by atoms with van der Waals surface area (Å²) in [6.07, 6.45) is 0.0263. The van der Waals surface area contributed by atoms with Crippen molar-refractivity contribution in [1.29, 1.82) is 0 Å². The number of hydrogen-bond acceptors (Lipinski definition) is 12. The Labute approximate surface area is 359 Å². The number of aromatic hydroxyl groups is 2. The van der Waals surface area contributed by atoms with E-state index in [0.717, 1.165) is 4.90 Å². The van der Waals surface area contributed by atoms with Gasteiger partial charge in [-0.3, -0.25) is 33.6 Å². The molecule has 0 spiro atoms. The molecule has 7 atom stereocenters. The normalized spacial score (nSPS) is 17.1. The topological polar surface area (TPSA) is 322 Å².